The number of nitrogens with zero attached hydrogens (tertiary/aromatic N) is 2. The first-order chi connectivity index (χ1) is 9.22. The molecule has 6 heteroatoms. The number of hydrogen-bond donors (Lipinski definition) is 2. The van der Waals surface area contributed by atoms with Crippen molar-refractivity contribution in [2.45, 2.75) is 6.42 Å². The van der Waals surface area contributed by atoms with E-state index in [9.17, 15) is 9.59 Å². The van der Waals surface area contributed by atoms with Gasteiger partial charge in [-0.2, -0.15) is 5.10 Å². The van der Waals surface area contributed by atoms with Crippen molar-refractivity contribution in [1.82, 2.24) is 15.1 Å². The van der Waals surface area contributed by atoms with Gasteiger partial charge in [0.1, 0.15) is 0 Å². The lowest BCUT2D eigenvalue weighted by Crippen LogP contribution is -2.24. The van der Waals surface area contributed by atoms with E-state index in [-0.39, 0.29) is 6.54 Å². The van der Waals surface area contributed by atoms with Crippen LogP contribution in [-0.2, 0) is 6.42 Å². The zero-order valence-electron chi connectivity index (χ0n) is 10.1. The summed E-state index contributed by atoms with van der Waals surface area (Å²) in [6, 6.07) is 9.37. The molecule has 0 aliphatic rings. The van der Waals surface area contributed by atoms with Crippen molar-refractivity contribution >= 4 is 12.4 Å². The van der Waals surface area contributed by atoms with Gasteiger partial charge in [0.25, 0.3) is 0 Å². The predicted octanol–water partition coefficient (Wildman–Crippen LogP) is 1.49. The summed E-state index contributed by atoms with van der Waals surface area (Å²) in [5.41, 5.74) is 1.99. The quantitative estimate of drug-likeness (QED) is 0.797. The molecule has 0 atom stereocenters. The molecule has 98 valence electrons. The first-order valence-corrected chi connectivity index (χ1v) is 5.76. The van der Waals surface area contributed by atoms with Crippen molar-refractivity contribution in [3.8, 4) is 5.69 Å². The largest absolute Gasteiger partial charge is 0.465 e. The van der Waals surface area contributed by atoms with E-state index in [1.54, 1.807) is 4.68 Å². The van der Waals surface area contributed by atoms with Gasteiger partial charge >= 0.3 is 6.09 Å². The second-order valence-electron chi connectivity index (χ2n) is 3.89. The van der Waals surface area contributed by atoms with E-state index in [2.05, 4.69) is 10.4 Å². The van der Waals surface area contributed by atoms with Gasteiger partial charge in [0, 0.05) is 13.0 Å². The van der Waals surface area contributed by atoms with Gasteiger partial charge in [0.2, 0.25) is 0 Å². The molecule has 2 aromatic rings. The van der Waals surface area contributed by atoms with Crippen LogP contribution in [-0.4, -0.2) is 33.8 Å². The van der Waals surface area contributed by atoms with Gasteiger partial charge in [0.15, 0.2) is 6.29 Å². The van der Waals surface area contributed by atoms with Gasteiger partial charge in [0.05, 0.1) is 23.1 Å². The molecule has 0 fully saturated rings. The Bertz CT molecular complexity index is 578. The molecule has 0 aliphatic heterocycles. The van der Waals surface area contributed by atoms with Crippen LogP contribution in [0.1, 0.15) is 16.1 Å². The highest BCUT2D eigenvalue weighted by Gasteiger charge is 2.11. The first-order valence-electron chi connectivity index (χ1n) is 5.76. The van der Waals surface area contributed by atoms with Gasteiger partial charge in [-0.15, -0.1) is 0 Å². The highest BCUT2D eigenvalue weighted by Crippen LogP contribution is 2.14. The van der Waals surface area contributed by atoms with E-state index in [0.29, 0.717) is 17.7 Å². The summed E-state index contributed by atoms with van der Waals surface area (Å²) < 4.78 is 1.65. The summed E-state index contributed by atoms with van der Waals surface area (Å²) in [6.45, 7) is 0.231. The molecule has 0 bridgehead atoms. The van der Waals surface area contributed by atoms with Gasteiger partial charge in [-0.05, 0) is 12.1 Å². The number of aldehydes is 1. The van der Waals surface area contributed by atoms with Crippen LogP contribution >= 0.6 is 0 Å². The number of aromatic nitrogens is 2. The number of nitrogens with one attached hydrogen (secondary N) is 1. The molecule has 0 aliphatic carbocycles. The van der Waals surface area contributed by atoms with Crippen LogP contribution in [0.3, 0.4) is 0 Å². The molecule has 2 rings (SSSR count). The number of amides is 1. The van der Waals surface area contributed by atoms with Crippen LogP contribution in [0.4, 0.5) is 4.79 Å². The molecule has 6 nitrogen and oxygen atoms in total. The molecule has 0 radical (unpaired) electrons. The van der Waals surface area contributed by atoms with Gasteiger partial charge < -0.3 is 10.4 Å². The van der Waals surface area contributed by atoms with E-state index in [1.807, 2.05) is 30.3 Å². The van der Waals surface area contributed by atoms with Crippen LogP contribution in [0, 0.1) is 0 Å². The molecule has 1 aromatic heterocycles. The number of para-hydroxylation sites is 1. The van der Waals surface area contributed by atoms with Crippen LogP contribution in [0.2, 0.25) is 0 Å². The zero-order chi connectivity index (χ0) is 13.7. The van der Waals surface area contributed by atoms with Gasteiger partial charge in [-0.3, -0.25) is 4.79 Å². The average molecular weight is 259 g/mol. The number of carbonyl (C=O) groups is 2. The Morgan fingerprint density at radius 3 is 2.74 bits per heavy atom. The van der Waals surface area contributed by atoms with Gasteiger partial charge in [-0.25, -0.2) is 9.48 Å². The van der Waals surface area contributed by atoms with E-state index in [4.69, 9.17) is 5.11 Å². The van der Waals surface area contributed by atoms with Crippen molar-refractivity contribution in [3.63, 3.8) is 0 Å². The van der Waals surface area contributed by atoms with Gasteiger partial charge in [-0.1, -0.05) is 18.2 Å². The molecule has 0 saturated carbocycles. The van der Waals surface area contributed by atoms with Crippen LogP contribution in [0.15, 0.2) is 36.5 Å². The Hall–Kier alpha value is -2.63. The second kappa shape index (κ2) is 5.81. The molecule has 1 amide bonds. The Morgan fingerprint density at radius 1 is 1.37 bits per heavy atom. The minimum Gasteiger partial charge on any atom is -0.465 e. The molecule has 0 unspecified atom stereocenters. The van der Waals surface area contributed by atoms with E-state index >= 15 is 0 Å². The van der Waals surface area contributed by atoms with E-state index < -0.39 is 6.09 Å². The Labute approximate surface area is 109 Å². The summed E-state index contributed by atoms with van der Waals surface area (Å²) in [6.07, 6.45) is 1.52. The summed E-state index contributed by atoms with van der Waals surface area (Å²) in [5.74, 6) is 0. The molecule has 0 spiro atoms. The third-order valence-electron chi connectivity index (χ3n) is 2.67. The van der Waals surface area contributed by atoms with E-state index in [0.717, 1.165) is 12.0 Å². The highest BCUT2D eigenvalue weighted by molar-refractivity contribution is 5.76. The fourth-order valence-electron chi connectivity index (χ4n) is 1.81. The van der Waals surface area contributed by atoms with Crippen molar-refractivity contribution in [2.75, 3.05) is 6.54 Å². The summed E-state index contributed by atoms with van der Waals surface area (Å²) in [4.78, 5) is 21.4. The SMILES string of the molecule is O=Cc1cnn(-c2ccccc2)c1CCNC(=O)O. The van der Waals surface area contributed by atoms with Crippen molar-refractivity contribution in [2.24, 2.45) is 0 Å². The maximum Gasteiger partial charge on any atom is 0.404 e. The van der Waals surface area contributed by atoms with Crippen LogP contribution in [0.25, 0.3) is 5.69 Å². The molecule has 1 heterocycles. The number of carboxylic acid groups (broad SMARTS) is 1. The maximum absolute atomic E-state index is 11.0. The predicted molar refractivity (Wildman–Crippen MR) is 68.7 cm³/mol. The molecule has 1 aromatic carbocycles. The molecule has 0 saturated heterocycles. The molecular weight excluding hydrogens is 246 g/mol. The minimum absolute atomic E-state index is 0.231. The number of carbonyl (C=O) groups excluding carboxylic acids is 1. The lowest BCUT2D eigenvalue weighted by molar-refractivity contribution is 0.112. The smallest absolute Gasteiger partial charge is 0.404 e. The Balaban J connectivity index is 2.27. The van der Waals surface area contributed by atoms with Crippen molar-refractivity contribution < 1.29 is 14.7 Å². The molecule has 19 heavy (non-hydrogen) atoms. The maximum atomic E-state index is 11.0. The van der Waals surface area contributed by atoms with Crippen LogP contribution < -0.4 is 5.32 Å². The lowest BCUT2D eigenvalue weighted by Gasteiger charge is -2.08. The second-order valence-corrected chi connectivity index (χ2v) is 3.89. The summed E-state index contributed by atoms with van der Waals surface area (Å²) >= 11 is 0. The zero-order valence-corrected chi connectivity index (χ0v) is 10.1. The topological polar surface area (TPSA) is 84.2 Å². The summed E-state index contributed by atoms with van der Waals surface area (Å²) in [7, 11) is 0. The monoisotopic (exact) mass is 259 g/mol. The normalized spacial score (nSPS) is 10.1. The fraction of sp³-hybridized carbons (Fsp3) is 0.154. The standard InChI is InChI=1S/C13H13N3O3/c17-9-10-8-15-16(11-4-2-1-3-5-11)12(10)6-7-14-13(18)19/h1-5,8-9,14H,6-7H2,(H,18,19). The highest BCUT2D eigenvalue weighted by atomic mass is 16.4. The fourth-order valence-corrected chi connectivity index (χ4v) is 1.81. The molecule has 2 N–H and O–H groups in total. The van der Waals surface area contributed by atoms with Crippen LogP contribution in [0.5, 0.6) is 0 Å². The molecular formula is C13H13N3O3. The van der Waals surface area contributed by atoms with E-state index in [1.165, 1.54) is 6.20 Å². The third-order valence-corrected chi connectivity index (χ3v) is 2.67. The van der Waals surface area contributed by atoms with Crippen molar-refractivity contribution in [1.29, 1.82) is 0 Å². The summed E-state index contributed by atoms with van der Waals surface area (Å²) in [5, 5.41) is 15.0. The average Bonchev–Trinajstić information content (AvgIpc) is 2.82. The van der Waals surface area contributed by atoms with Crippen molar-refractivity contribution in [3.05, 3.63) is 47.8 Å². The number of benzene rings is 1. The number of rotatable bonds is 5. The first kappa shape index (κ1) is 12.8. The lowest BCUT2D eigenvalue weighted by atomic mass is 10.2. The Kier molecular flexibility index (Phi) is 3.92. The Morgan fingerprint density at radius 2 is 2.11 bits per heavy atom. The minimum atomic E-state index is -1.08. The third kappa shape index (κ3) is 2.98. The number of hydrogen-bond acceptors (Lipinski definition) is 3.